The molecular formula is C26H24Cl2N4O3S. The van der Waals surface area contributed by atoms with Gasteiger partial charge in [0.1, 0.15) is 11.7 Å². The lowest BCUT2D eigenvalue weighted by Crippen LogP contribution is -2.35. The Kier molecular flexibility index (Phi) is 7.37. The summed E-state index contributed by atoms with van der Waals surface area (Å²) in [6.07, 6.45) is 7.44. The second-order valence-electron chi connectivity index (χ2n) is 8.73. The molecule has 2 heterocycles. The van der Waals surface area contributed by atoms with E-state index in [9.17, 15) is 4.79 Å². The quantitative estimate of drug-likeness (QED) is 0.406. The number of benzene rings is 2. The van der Waals surface area contributed by atoms with Crippen LogP contribution in [0.1, 0.15) is 43.2 Å². The minimum atomic E-state index is -0.449. The number of amidine groups is 2. The van der Waals surface area contributed by atoms with E-state index in [0.29, 0.717) is 38.2 Å². The third-order valence-electron chi connectivity index (χ3n) is 6.32. The zero-order valence-corrected chi connectivity index (χ0v) is 21.9. The van der Waals surface area contributed by atoms with Crippen LogP contribution in [0.4, 0.5) is 0 Å². The molecule has 2 aromatic rings. The minimum absolute atomic E-state index is 0.0278. The van der Waals surface area contributed by atoms with Gasteiger partial charge in [0.2, 0.25) is 5.17 Å². The molecule has 186 valence electrons. The van der Waals surface area contributed by atoms with Crippen molar-refractivity contribution in [2.75, 3.05) is 7.11 Å². The average molecular weight is 543 g/mol. The average Bonchev–Trinajstić information content (AvgIpc) is 3.31. The Morgan fingerprint density at radius 1 is 1.14 bits per heavy atom. The summed E-state index contributed by atoms with van der Waals surface area (Å²) in [5.41, 5.74) is 1.65. The number of methoxy groups -OCH3 is 1. The van der Waals surface area contributed by atoms with Crippen LogP contribution in [0.25, 0.3) is 6.08 Å². The molecule has 3 aliphatic rings. The summed E-state index contributed by atoms with van der Waals surface area (Å²) >= 11 is 13.6. The Hall–Kier alpha value is -2.81. The summed E-state index contributed by atoms with van der Waals surface area (Å²) in [7, 11) is 1.54. The second kappa shape index (κ2) is 10.7. The van der Waals surface area contributed by atoms with Crippen LogP contribution < -0.4 is 9.47 Å². The van der Waals surface area contributed by atoms with Crippen molar-refractivity contribution >= 4 is 63.0 Å². The number of hydrogen-bond acceptors (Lipinski definition) is 6. The van der Waals surface area contributed by atoms with Gasteiger partial charge in [0.15, 0.2) is 17.3 Å². The lowest BCUT2D eigenvalue weighted by molar-refractivity contribution is -0.114. The van der Waals surface area contributed by atoms with E-state index >= 15 is 0 Å². The van der Waals surface area contributed by atoms with Crippen LogP contribution in [-0.4, -0.2) is 34.1 Å². The number of fused-ring (bicyclic) bond motifs is 1. The van der Waals surface area contributed by atoms with Gasteiger partial charge in [-0.05, 0) is 60.5 Å². The van der Waals surface area contributed by atoms with Gasteiger partial charge in [-0.15, -0.1) is 0 Å². The predicted molar refractivity (Wildman–Crippen MR) is 145 cm³/mol. The minimum Gasteiger partial charge on any atom is -0.493 e. The molecule has 0 saturated heterocycles. The van der Waals surface area contributed by atoms with E-state index in [-0.39, 0.29) is 18.0 Å². The molecule has 0 unspecified atom stereocenters. The fourth-order valence-electron chi connectivity index (χ4n) is 4.38. The number of amides is 1. The number of carbonyl (C=O) groups excluding carboxylic acids is 1. The Balaban J connectivity index is 1.34. The Bertz CT molecular complexity index is 1320. The van der Waals surface area contributed by atoms with Crippen LogP contribution in [0.5, 0.6) is 11.5 Å². The lowest BCUT2D eigenvalue weighted by Gasteiger charge is -2.20. The van der Waals surface area contributed by atoms with Gasteiger partial charge >= 0.3 is 0 Å². The fraction of sp³-hybridized carbons (Fsp3) is 0.308. The Morgan fingerprint density at radius 3 is 2.69 bits per heavy atom. The summed E-state index contributed by atoms with van der Waals surface area (Å²) in [6, 6.07) is 10.5. The number of hydrogen-bond donors (Lipinski definition) is 1. The highest BCUT2D eigenvalue weighted by molar-refractivity contribution is 8.27. The molecule has 1 amide bonds. The molecule has 1 aliphatic carbocycles. The van der Waals surface area contributed by atoms with E-state index < -0.39 is 5.91 Å². The molecule has 0 aromatic heterocycles. The first-order valence-electron chi connectivity index (χ1n) is 11.7. The van der Waals surface area contributed by atoms with E-state index in [1.165, 1.54) is 36.0 Å². The zero-order chi connectivity index (χ0) is 25.2. The molecule has 2 aromatic carbocycles. The van der Waals surface area contributed by atoms with Gasteiger partial charge < -0.3 is 9.47 Å². The number of nitrogens with one attached hydrogen (secondary N) is 1. The van der Waals surface area contributed by atoms with E-state index in [2.05, 4.69) is 10.1 Å². The normalized spacial score (nSPS) is 19.3. The number of ether oxygens (including phenoxy) is 2. The maximum atomic E-state index is 12.8. The molecule has 0 atom stereocenters. The number of rotatable bonds is 6. The van der Waals surface area contributed by atoms with E-state index in [1.54, 1.807) is 43.5 Å². The topological polar surface area (TPSA) is 87.3 Å². The highest BCUT2D eigenvalue weighted by atomic mass is 35.5. The van der Waals surface area contributed by atoms with Crippen molar-refractivity contribution in [2.45, 2.75) is 38.7 Å². The van der Waals surface area contributed by atoms with Crippen molar-refractivity contribution < 1.29 is 14.3 Å². The number of halogens is 2. The van der Waals surface area contributed by atoms with Crippen molar-refractivity contribution in [1.29, 1.82) is 5.41 Å². The Morgan fingerprint density at radius 2 is 1.94 bits per heavy atom. The summed E-state index contributed by atoms with van der Waals surface area (Å²) in [5.74, 6) is 0.971. The number of thioether (sulfide) groups is 1. The van der Waals surface area contributed by atoms with Crippen molar-refractivity contribution in [3.8, 4) is 11.5 Å². The maximum absolute atomic E-state index is 12.8. The molecule has 0 radical (unpaired) electrons. The second-order valence-corrected chi connectivity index (χ2v) is 10.6. The number of hydrazone groups is 1. The molecular weight excluding hydrogens is 519 g/mol. The molecule has 1 N–H and O–H groups in total. The van der Waals surface area contributed by atoms with Crippen LogP contribution in [-0.2, 0) is 11.4 Å². The van der Waals surface area contributed by atoms with Gasteiger partial charge in [0, 0.05) is 21.5 Å². The molecule has 7 nitrogen and oxygen atoms in total. The maximum Gasteiger partial charge on any atom is 0.283 e. The third kappa shape index (κ3) is 5.16. The van der Waals surface area contributed by atoms with Gasteiger partial charge in [0.05, 0.1) is 12.7 Å². The molecule has 1 fully saturated rings. The zero-order valence-electron chi connectivity index (χ0n) is 19.6. The predicted octanol–water partition coefficient (Wildman–Crippen LogP) is 6.78. The van der Waals surface area contributed by atoms with E-state index in [4.69, 9.17) is 38.1 Å². The highest BCUT2D eigenvalue weighted by Crippen LogP contribution is 2.37. The summed E-state index contributed by atoms with van der Waals surface area (Å²) in [5, 5.41) is 17.3. The first kappa shape index (κ1) is 24.9. The molecule has 2 aliphatic heterocycles. The lowest BCUT2D eigenvalue weighted by atomic mass is 9.90. The van der Waals surface area contributed by atoms with E-state index in [0.717, 1.165) is 23.4 Å². The first-order chi connectivity index (χ1) is 17.4. The van der Waals surface area contributed by atoms with E-state index in [1.807, 2.05) is 6.07 Å². The molecule has 0 spiro atoms. The fourth-order valence-corrected chi connectivity index (χ4v) is 5.90. The largest absolute Gasteiger partial charge is 0.493 e. The van der Waals surface area contributed by atoms with Crippen LogP contribution in [0.2, 0.25) is 10.0 Å². The smallest absolute Gasteiger partial charge is 0.283 e. The molecule has 1 saturated carbocycles. The summed E-state index contributed by atoms with van der Waals surface area (Å²) < 4.78 is 11.4. The van der Waals surface area contributed by atoms with Gasteiger partial charge in [-0.1, -0.05) is 54.6 Å². The van der Waals surface area contributed by atoms with Gasteiger partial charge in [-0.25, -0.2) is 0 Å². The molecule has 36 heavy (non-hydrogen) atoms. The SMILES string of the molecule is COc1cc(/C=C2/C(=N)N3N=C(C4CCCCC4)SC3=NC2=O)ccc1OCc1ccc(Cl)cc1Cl. The third-order valence-corrected chi connectivity index (χ3v) is 7.98. The molecule has 0 bridgehead atoms. The number of carbonyl (C=O) groups is 1. The molecule has 10 heteroatoms. The van der Waals surface area contributed by atoms with Crippen LogP contribution >= 0.6 is 35.0 Å². The molecule has 5 rings (SSSR count). The van der Waals surface area contributed by atoms with Gasteiger partial charge in [-0.3, -0.25) is 10.2 Å². The Labute approximate surface area is 223 Å². The number of aliphatic imine (C=N–C) groups is 1. The van der Waals surface area contributed by atoms with Crippen LogP contribution in [0.15, 0.2) is 52.1 Å². The number of nitrogens with zero attached hydrogens (tertiary/aromatic N) is 3. The van der Waals surface area contributed by atoms with Crippen molar-refractivity contribution in [3.63, 3.8) is 0 Å². The highest BCUT2D eigenvalue weighted by Gasteiger charge is 2.38. The van der Waals surface area contributed by atoms with Gasteiger partial charge in [-0.2, -0.15) is 15.1 Å². The van der Waals surface area contributed by atoms with Crippen molar-refractivity contribution in [1.82, 2.24) is 5.01 Å². The van der Waals surface area contributed by atoms with Crippen molar-refractivity contribution in [3.05, 3.63) is 63.1 Å². The monoisotopic (exact) mass is 542 g/mol. The van der Waals surface area contributed by atoms with Crippen LogP contribution in [0, 0.1) is 11.3 Å². The van der Waals surface area contributed by atoms with Gasteiger partial charge in [0.25, 0.3) is 5.91 Å². The van der Waals surface area contributed by atoms with Crippen molar-refractivity contribution in [2.24, 2.45) is 16.0 Å². The standard InChI is InChI=1S/C26H24Cl2N4O3S/c1-34-22-12-15(7-10-21(22)35-14-17-8-9-18(27)13-20(17)28)11-19-23(29)32-26(30-24(19)33)36-25(31-32)16-5-3-2-4-6-16/h7-13,16,29H,2-6,14H2,1H3/b19-11-,29-23?. The summed E-state index contributed by atoms with van der Waals surface area (Å²) in [6.45, 7) is 0.237. The first-order valence-corrected chi connectivity index (χ1v) is 13.2. The van der Waals surface area contributed by atoms with Crippen LogP contribution in [0.3, 0.4) is 0 Å². The summed E-state index contributed by atoms with van der Waals surface area (Å²) in [4.78, 5) is 17.0.